The van der Waals surface area contributed by atoms with Crippen molar-refractivity contribution >= 4 is 35.3 Å². The van der Waals surface area contributed by atoms with Gasteiger partial charge in [-0.05, 0) is 55.9 Å². The molecular weight excluding hydrogens is 530 g/mol. The first-order chi connectivity index (χ1) is 19.3. The number of rotatable bonds is 8. The van der Waals surface area contributed by atoms with Crippen molar-refractivity contribution in [3.63, 3.8) is 0 Å². The zero-order valence-electron chi connectivity index (χ0n) is 22.0. The first kappa shape index (κ1) is 27.1. The van der Waals surface area contributed by atoms with Gasteiger partial charge in [-0.2, -0.15) is 19.9 Å². The van der Waals surface area contributed by atoms with Gasteiger partial charge in [-0.15, -0.1) is 11.8 Å². The molecule has 0 spiro atoms. The third kappa shape index (κ3) is 5.20. The Hall–Kier alpha value is -4.50. The molecule has 3 heterocycles. The molecule has 0 saturated carbocycles. The molecule has 1 aliphatic heterocycles. The molecule has 3 aromatic rings. The predicted octanol–water partition coefficient (Wildman–Crippen LogP) is 3.22. The number of esters is 1. The fraction of sp³-hybridized carbons (Fsp3) is 0.321. The number of fused-ring (bicyclic) bond motifs is 2. The molecule has 2 aliphatic rings. The van der Waals surface area contributed by atoms with Gasteiger partial charge in [-0.25, -0.2) is 9.78 Å². The van der Waals surface area contributed by atoms with Crippen molar-refractivity contribution in [1.82, 2.24) is 30.2 Å². The van der Waals surface area contributed by atoms with E-state index in [0.717, 1.165) is 16.7 Å². The Bertz CT molecular complexity index is 1610. The Morgan fingerprint density at radius 2 is 2.17 bits per heavy atom. The fourth-order valence-electron chi connectivity index (χ4n) is 5.02. The molecule has 2 aromatic heterocycles. The fourth-order valence-corrected chi connectivity index (χ4v) is 6.06. The Labute approximate surface area is 234 Å². The lowest BCUT2D eigenvalue weighted by molar-refractivity contribution is 0.0548. The Balaban J connectivity index is 1.34. The van der Waals surface area contributed by atoms with E-state index in [-0.39, 0.29) is 41.1 Å². The van der Waals surface area contributed by atoms with E-state index in [0.29, 0.717) is 29.7 Å². The summed E-state index contributed by atoms with van der Waals surface area (Å²) in [5.41, 5.74) is 3.43. The Morgan fingerprint density at radius 1 is 1.35 bits per heavy atom. The Morgan fingerprint density at radius 3 is 2.92 bits per heavy atom. The number of hydrogen-bond donors (Lipinski definition) is 2. The van der Waals surface area contributed by atoms with Crippen molar-refractivity contribution in [3.8, 4) is 6.07 Å². The van der Waals surface area contributed by atoms with E-state index in [1.807, 2.05) is 26.0 Å². The maximum Gasteiger partial charge on any atom is 0.338 e. The van der Waals surface area contributed by atoms with Crippen LogP contribution in [-0.2, 0) is 11.2 Å². The minimum atomic E-state index is -0.448. The first-order valence-corrected chi connectivity index (χ1v) is 13.7. The second-order valence-corrected chi connectivity index (χ2v) is 10.9. The van der Waals surface area contributed by atoms with Gasteiger partial charge >= 0.3 is 5.97 Å². The molecule has 0 fully saturated rings. The molecule has 2 amide bonds. The van der Waals surface area contributed by atoms with Gasteiger partial charge in [0, 0.05) is 17.4 Å². The summed E-state index contributed by atoms with van der Waals surface area (Å²) in [5.74, 6) is -1.17. The standard InChI is InChI=1S/C28H27N7O4S/c1-4-11-39-27(38)19-6-7-20-18(15(19)2)8-9-21(20)33-26(37)23-12-22(34-28-30-14-31-35(23)28)25(36)32-16(3)24-10-5-17(13-29)40-24/h4-7,12,14,16,21,24H,1,8-11H2,2-3H3,(H,32,36)(H,33,37)/t16?,21-,24?/m0/s1. The average molecular weight is 558 g/mol. The first-order valence-electron chi connectivity index (χ1n) is 12.8. The number of thioether (sulfide) groups is 1. The normalized spacial score (nSPS) is 18.4. The molecule has 2 unspecified atom stereocenters. The van der Waals surface area contributed by atoms with E-state index in [1.165, 1.54) is 34.7 Å². The van der Waals surface area contributed by atoms with Crippen LogP contribution in [0.2, 0.25) is 0 Å². The van der Waals surface area contributed by atoms with Crippen molar-refractivity contribution in [2.75, 3.05) is 6.61 Å². The summed E-state index contributed by atoms with van der Waals surface area (Å²) < 4.78 is 6.49. The monoisotopic (exact) mass is 557 g/mol. The van der Waals surface area contributed by atoms with E-state index >= 15 is 0 Å². The van der Waals surface area contributed by atoms with Gasteiger partial charge in [0.15, 0.2) is 0 Å². The summed E-state index contributed by atoms with van der Waals surface area (Å²) in [7, 11) is 0. The van der Waals surface area contributed by atoms with Gasteiger partial charge in [0.1, 0.15) is 30.4 Å². The van der Waals surface area contributed by atoms with Crippen LogP contribution >= 0.6 is 11.8 Å². The lowest BCUT2D eigenvalue weighted by atomic mass is 9.98. The molecule has 3 atom stereocenters. The van der Waals surface area contributed by atoms with Crippen molar-refractivity contribution in [3.05, 3.63) is 81.8 Å². The van der Waals surface area contributed by atoms with Crippen molar-refractivity contribution < 1.29 is 19.1 Å². The van der Waals surface area contributed by atoms with E-state index in [4.69, 9.17) is 10.00 Å². The minimum Gasteiger partial charge on any atom is -0.458 e. The number of amides is 2. The van der Waals surface area contributed by atoms with Crippen LogP contribution in [0, 0.1) is 18.3 Å². The van der Waals surface area contributed by atoms with Gasteiger partial charge in [-0.3, -0.25) is 9.59 Å². The van der Waals surface area contributed by atoms with Crippen molar-refractivity contribution in [1.29, 1.82) is 5.26 Å². The number of hydrogen-bond acceptors (Lipinski definition) is 9. The van der Waals surface area contributed by atoms with E-state index in [2.05, 4.69) is 38.3 Å². The number of carbonyl (C=O) groups excluding carboxylic acids is 3. The zero-order chi connectivity index (χ0) is 28.4. The number of benzene rings is 1. The molecule has 5 rings (SSSR count). The smallest absolute Gasteiger partial charge is 0.338 e. The molecular formula is C28H27N7O4S. The molecule has 12 heteroatoms. The van der Waals surface area contributed by atoms with Crippen LogP contribution in [0.25, 0.3) is 5.78 Å². The number of nitrogens with zero attached hydrogens (tertiary/aromatic N) is 5. The number of allylic oxidation sites excluding steroid dienone is 2. The van der Waals surface area contributed by atoms with E-state index in [1.54, 1.807) is 6.07 Å². The zero-order valence-corrected chi connectivity index (χ0v) is 22.8. The number of carbonyl (C=O) groups is 3. The van der Waals surface area contributed by atoms with E-state index in [9.17, 15) is 14.4 Å². The molecule has 11 nitrogen and oxygen atoms in total. The molecule has 40 heavy (non-hydrogen) atoms. The van der Waals surface area contributed by atoms with E-state index < -0.39 is 17.8 Å². The molecule has 0 bridgehead atoms. The van der Waals surface area contributed by atoms with Gasteiger partial charge < -0.3 is 15.4 Å². The van der Waals surface area contributed by atoms with Crippen LogP contribution in [0.15, 0.2) is 48.2 Å². The summed E-state index contributed by atoms with van der Waals surface area (Å²) in [6.07, 6.45) is 6.68. The van der Waals surface area contributed by atoms with Crippen LogP contribution in [0.5, 0.6) is 0 Å². The number of nitrogens with one attached hydrogen (secondary N) is 2. The van der Waals surface area contributed by atoms with Crippen LogP contribution in [0.3, 0.4) is 0 Å². The highest BCUT2D eigenvalue weighted by molar-refractivity contribution is 8.04. The minimum absolute atomic E-state index is 0.0356. The number of nitriles is 1. The maximum atomic E-state index is 13.5. The van der Waals surface area contributed by atoms with Gasteiger partial charge in [0.25, 0.3) is 17.6 Å². The predicted molar refractivity (Wildman–Crippen MR) is 148 cm³/mol. The summed E-state index contributed by atoms with van der Waals surface area (Å²) in [6, 6.07) is 6.58. The largest absolute Gasteiger partial charge is 0.458 e. The SMILES string of the molecule is C=CCOC(=O)c1ccc2c(c1C)CC[C@@H]2NC(=O)c1cc(C(=O)NC(C)C2CC=C(C#N)S2)nc2ncnn12. The molecule has 0 saturated heterocycles. The van der Waals surface area contributed by atoms with Crippen LogP contribution < -0.4 is 10.6 Å². The van der Waals surface area contributed by atoms with Gasteiger partial charge in [-0.1, -0.05) is 24.8 Å². The summed E-state index contributed by atoms with van der Waals surface area (Å²) in [5, 5.41) is 19.2. The van der Waals surface area contributed by atoms with Gasteiger partial charge in [0.05, 0.1) is 16.5 Å². The van der Waals surface area contributed by atoms with Crippen molar-refractivity contribution in [2.45, 2.75) is 50.4 Å². The summed E-state index contributed by atoms with van der Waals surface area (Å²) >= 11 is 1.43. The van der Waals surface area contributed by atoms with Crippen LogP contribution in [0.1, 0.15) is 73.8 Å². The van der Waals surface area contributed by atoms with Gasteiger partial charge in [0.2, 0.25) is 0 Å². The van der Waals surface area contributed by atoms with Crippen LogP contribution in [0.4, 0.5) is 0 Å². The number of aromatic nitrogens is 4. The quantitative estimate of drug-likeness (QED) is 0.314. The molecule has 204 valence electrons. The highest BCUT2D eigenvalue weighted by atomic mass is 32.2. The van der Waals surface area contributed by atoms with Crippen molar-refractivity contribution in [2.24, 2.45) is 0 Å². The second kappa shape index (κ2) is 11.3. The molecule has 1 aromatic carbocycles. The van der Waals surface area contributed by atoms with Crippen LogP contribution in [-0.4, -0.2) is 55.3 Å². The molecule has 1 aliphatic carbocycles. The average Bonchev–Trinajstić information content (AvgIpc) is 3.71. The number of ether oxygens (including phenoxy) is 1. The third-order valence-corrected chi connectivity index (χ3v) is 8.52. The highest BCUT2D eigenvalue weighted by Crippen LogP contribution is 2.35. The lowest BCUT2D eigenvalue weighted by Crippen LogP contribution is -2.39. The third-order valence-electron chi connectivity index (χ3n) is 7.11. The maximum absolute atomic E-state index is 13.5. The second-order valence-electron chi connectivity index (χ2n) is 9.59. The Kier molecular flexibility index (Phi) is 7.66. The molecule has 0 radical (unpaired) electrons. The lowest BCUT2D eigenvalue weighted by Gasteiger charge is -2.20. The molecule has 2 N–H and O–H groups in total. The summed E-state index contributed by atoms with van der Waals surface area (Å²) in [6.45, 7) is 7.45. The highest BCUT2D eigenvalue weighted by Gasteiger charge is 2.30. The topological polar surface area (TPSA) is 151 Å². The summed E-state index contributed by atoms with van der Waals surface area (Å²) in [4.78, 5) is 48.0.